The van der Waals surface area contributed by atoms with Gasteiger partial charge in [-0.05, 0) is 19.9 Å². The Morgan fingerprint density at radius 2 is 2.06 bits per heavy atom. The Balaban J connectivity index is 2.84. The molecule has 0 heterocycles. The van der Waals surface area contributed by atoms with Crippen LogP contribution in [0.15, 0.2) is 18.2 Å². The third-order valence-electron chi connectivity index (χ3n) is 2.40. The minimum atomic E-state index is -0.421. The molecule has 1 unspecified atom stereocenters. The van der Waals surface area contributed by atoms with Crippen molar-refractivity contribution < 1.29 is 4.74 Å². The predicted molar refractivity (Wildman–Crippen MR) is 68.9 cm³/mol. The quantitative estimate of drug-likeness (QED) is 0.849. The van der Waals surface area contributed by atoms with Crippen molar-refractivity contribution in [2.75, 3.05) is 0 Å². The molecule has 0 aromatic heterocycles. The first kappa shape index (κ1) is 13.5. The average Bonchev–Trinajstić information content (AvgIpc) is 2.29. The molecule has 92 valence electrons. The van der Waals surface area contributed by atoms with Crippen molar-refractivity contribution in [3.05, 3.63) is 29.3 Å². The van der Waals surface area contributed by atoms with Gasteiger partial charge in [-0.25, -0.2) is 0 Å². The summed E-state index contributed by atoms with van der Waals surface area (Å²) in [7, 11) is 0. The van der Waals surface area contributed by atoms with E-state index in [0.717, 1.165) is 17.9 Å². The summed E-state index contributed by atoms with van der Waals surface area (Å²) in [6, 6.07) is 8.53. The monoisotopic (exact) mass is 232 g/mol. The molecule has 0 saturated carbocycles. The van der Waals surface area contributed by atoms with E-state index < -0.39 is 6.10 Å². The lowest BCUT2D eigenvalue weighted by molar-refractivity contribution is 0.272. The Bertz CT molecular complexity index is 407. The third kappa shape index (κ3) is 4.46. The van der Waals surface area contributed by atoms with Gasteiger partial charge in [0.05, 0.1) is 0 Å². The Hall–Kier alpha value is -1.53. The Kier molecular flexibility index (Phi) is 4.99. The first-order valence-electron chi connectivity index (χ1n) is 5.92. The predicted octanol–water partition coefficient (Wildman–Crippen LogP) is 2.78. The fraction of sp³-hybridized carbons (Fsp3) is 0.500. The fourth-order valence-electron chi connectivity index (χ4n) is 1.49. The molecule has 0 amide bonds. The third-order valence-corrected chi connectivity index (χ3v) is 2.40. The molecule has 17 heavy (non-hydrogen) atoms. The van der Waals surface area contributed by atoms with Crippen LogP contribution in [-0.4, -0.2) is 12.1 Å². The molecule has 1 N–H and O–H groups in total. The van der Waals surface area contributed by atoms with E-state index in [1.807, 2.05) is 12.1 Å². The van der Waals surface area contributed by atoms with Crippen LogP contribution in [0.1, 0.15) is 31.9 Å². The van der Waals surface area contributed by atoms with Gasteiger partial charge in [-0.3, -0.25) is 0 Å². The van der Waals surface area contributed by atoms with E-state index in [1.165, 1.54) is 5.56 Å². The molecule has 0 bridgehead atoms. The van der Waals surface area contributed by atoms with Gasteiger partial charge in [-0.15, -0.1) is 0 Å². The van der Waals surface area contributed by atoms with Gasteiger partial charge < -0.3 is 10.1 Å². The molecular formula is C14H20N2O. The summed E-state index contributed by atoms with van der Waals surface area (Å²) in [5, 5.41) is 12.1. The van der Waals surface area contributed by atoms with E-state index in [-0.39, 0.29) is 0 Å². The first-order valence-corrected chi connectivity index (χ1v) is 5.92. The lowest BCUT2D eigenvalue weighted by atomic mass is 10.1. The topological polar surface area (TPSA) is 45.0 Å². The lowest BCUT2D eigenvalue weighted by Gasteiger charge is -2.15. The summed E-state index contributed by atoms with van der Waals surface area (Å²) in [4.78, 5) is 0. The smallest absolute Gasteiger partial charge is 0.181 e. The molecule has 0 aliphatic heterocycles. The molecule has 3 heteroatoms. The number of nitrogens with one attached hydrogen (secondary N) is 1. The number of nitriles is 1. The molecule has 0 spiro atoms. The Morgan fingerprint density at radius 3 is 2.65 bits per heavy atom. The normalized spacial score (nSPS) is 12.2. The number of nitrogens with zero attached hydrogens (tertiary/aromatic N) is 1. The average molecular weight is 232 g/mol. The van der Waals surface area contributed by atoms with Crippen molar-refractivity contribution in [1.29, 1.82) is 5.26 Å². The number of rotatable bonds is 5. The van der Waals surface area contributed by atoms with E-state index in [2.05, 4.69) is 38.2 Å². The van der Waals surface area contributed by atoms with Crippen LogP contribution in [0.2, 0.25) is 0 Å². The van der Waals surface area contributed by atoms with E-state index in [9.17, 15) is 0 Å². The van der Waals surface area contributed by atoms with Gasteiger partial charge in [-0.1, -0.05) is 31.5 Å². The van der Waals surface area contributed by atoms with Gasteiger partial charge in [0.1, 0.15) is 11.8 Å². The van der Waals surface area contributed by atoms with E-state index in [1.54, 1.807) is 6.92 Å². The first-order chi connectivity index (χ1) is 8.02. The largest absolute Gasteiger partial charge is 0.476 e. The van der Waals surface area contributed by atoms with E-state index in [4.69, 9.17) is 10.00 Å². The molecule has 3 nitrogen and oxygen atoms in total. The molecule has 0 radical (unpaired) electrons. The lowest BCUT2D eigenvalue weighted by Crippen LogP contribution is -2.22. The van der Waals surface area contributed by atoms with Crippen LogP contribution < -0.4 is 10.1 Å². The number of benzene rings is 1. The zero-order valence-electron chi connectivity index (χ0n) is 10.9. The van der Waals surface area contributed by atoms with Gasteiger partial charge in [0.2, 0.25) is 0 Å². The summed E-state index contributed by atoms with van der Waals surface area (Å²) in [5.41, 5.74) is 2.29. The summed E-state index contributed by atoms with van der Waals surface area (Å²) >= 11 is 0. The highest BCUT2D eigenvalue weighted by molar-refractivity contribution is 5.37. The number of ether oxygens (including phenoxy) is 1. The molecule has 1 atom stereocenters. The summed E-state index contributed by atoms with van der Waals surface area (Å²) < 4.78 is 5.58. The van der Waals surface area contributed by atoms with Crippen molar-refractivity contribution in [2.45, 2.75) is 46.4 Å². The zero-order valence-corrected chi connectivity index (χ0v) is 10.9. The van der Waals surface area contributed by atoms with Crippen LogP contribution >= 0.6 is 0 Å². The van der Waals surface area contributed by atoms with Crippen molar-refractivity contribution in [3.63, 3.8) is 0 Å². The number of hydrogen-bond donors (Lipinski definition) is 1. The highest BCUT2D eigenvalue weighted by Crippen LogP contribution is 2.21. The molecule has 1 aromatic carbocycles. The van der Waals surface area contributed by atoms with Gasteiger partial charge in [0.15, 0.2) is 6.10 Å². The van der Waals surface area contributed by atoms with Crippen LogP contribution in [0.3, 0.4) is 0 Å². The maximum absolute atomic E-state index is 8.77. The van der Waals surface area contributed by atoms with Gasteiger partial charge in [0, 0.05) is 18.2 Å². The van der Waals surface area contributed by atoms with Gasteiger partial charge in [0.25, 0.3) is 0 Å². The van der Waals surface area contributed by atoms with Gasteiger partial charge >= 0.3 is 0 Å². The number of aryl methyl sites for hydroxylation is 1. The van der Waals surface area contributed by atoms with Crippen molar-refractivity contribution in [1.82, 2.24) is 5.32 Å². The van der Waals surface area contributed by atoms with Crippen molar-refractivity contribution in [2.24, 2.45) is 0 Å². The van der Waals surface area contributed by atoms with E-state index >= 15 is 0 Å². The van der Waals surface area contributed by atoms with Crippen LogP contribution in [0, 0.1) is 18.3 Å². The Morgan fingerprint density at radius 1 is 1.35 bits per heavy atom. The minimum absolute atomic E-state index is 0.421. The molecule has 0 aliphatic rings. The number of hydrogen-bond acceptors (Lipinski definition) is 3. The van der Waals surface area contributed by atoms with Crippen LogP contribution in [0.25, 0.3) is 0 Å². The van der Waals surface area contributed by atoms with Crippen LogP contribution in [-0.2, 0) is 6.54 Å². The maximum atomic E-state index is 8.77. The zero-order chi connectivity index (χ0) is 12.8. The molecule has 1 aromatic rings. The highest BCUT2D eigenvalue weighted by atomic mass is 16.5. The summed E-state index contributed by atoms with van der Waals surface area (Å²) in [5.74, 6) is 0.790. The second kappa shape index (κ2) is 6.27. The van der Waals surface area contributed by atoms with Crippen LogP contribution in [0.5, 0.6) is 5.75 Å². The SMILES string of the molecule is Cc1ccc(OC(C)C#N)c(CNC(C)C)c1. The minimum Gasteiger partial charge on any atom is -0.476 e. The van der Waals surface area contributed by atoms with Gasteiger partial charge in [-0.2, -0.15) is 5.26 Å². The second-order valence-electron chi connectivity index (χ2n) is 4.54. The maximum Gasteiger partial charge on any atom is 0.181 e. The highest BCUT2D eigenvalue weighted by Gasteiger charge is 2.08. The van der Waals surface area contributed by atoms with Crippen LogP contribution in [0.4, 0.5) is 0 Å². The molecule has 1 rings (SSSR count). The molecule has 0 saturated heterocycles. The van der Waals surface area contributed by atoms with Crippen molar-refractivity contribution >= 4 is 0 Å². The summed E-state index contributed by atoms with van der Waals surface area (Å²) in [6.45, 7) is 8.77. The summed E-state index contributed by atoms with van der Waals surface area (Å²) in [6.07, 6.45) is -0.421. The molecule has 0 aliphatic carbocycles. The Labute approximate surface area is 103 Å². The van der Waals surface area contributed by atoms with Crippen molar-refractivity contribution in [3.8, 4) is 11.8 Å². The standard InChI is InChI=1S/C14H20N2O/c1-10(2)16-9-13-7-11(3)5-6-14(13)17-12(4)8-15/h5-7,10,12,16H,9H2,1-4H3. The van der Waals surface area contributed by atoms with E-state index in [0.29, 0.717) is 6.04 Å². The fourth-order valence-corrected chi connectivity index (χ4v) is 1.49. The second-order valence-corrected chi connectivity index (χ2v) is 4.54. The molecule has 0 fully saturated rings. The molecular weight excluding hydrogens is 212 g/mol.